The van der Waals surface area contributed by atoms with Crippen molar-refractivity contribution in [2.45, 2.75) is 0 Å². The number of rotatable bonds is 1. The summed E-state index contributed by atoms with van der Waals surface area (Å²) in [5.74, 6) is 0. The molecule has 0 unspecified atom stereocenters. The van der Waals surface area contributed by atoms with E-state index in [1.807, 2.05) is 24.4 Å². The Morgan fingerprint density at radius 3 is 2.70 bits per heavy atom. The molecule has 4 nitrogen and oxygen atoms in total. The maximum Gasteiger partial charge on any atom is 0.0909 e. The minimum atomic E-state index is 0.866. The van der Waals surface area contributed by atoms with Crippen LogP contribution in [-0.2, 0) is 0 Å². The van der Waals surface area contributed by atoms with Crippen molar-refractivity contribution < 1.29 is 0 Å². The van der Waals surface area contributed by atoms with E-state index in [1.165, 1.54) is 10.8 Å². The third-order valence-corrected chi connectivity index (χ3v) is 4.17. The normalized spacial score (nSPS) is 11.5. The van der Waals surface area contributed by atoms with E-state index in [1.54, 1.807) is 6.20 Å². The SMILES string of the molecule is c1ccc2c(-c3cnc4cc5[nH]ncc5cc4n3)cccc2c1. The van der Waals surface area contributed by atoms with Crippen molar-refractivity contribution >= 4 is 32.7 Å². The quantitative estimate of drug-likeness (QED) is 0.501. The van der Waals surface area contributed by atoms with Gasteiger partial charge >= 0.3 is 0 Å². The highest BCUT2D eigenvalue weighted by Gasteiger charge is 2.08. The number of hydrogen-bond donors (Lipinski definition) is 1. The molecule has 1 N–H and O–H groups in total. The molecule has 0 aliphatic carbocycles. The number of nitrogens with zero attached hydrogens (tertiary/aromatic N) is 3. The van der Waals surface area contributed by atoms with Crippen LogP contribution in [0.4, 0.5) is 0 Å². The third-order valence-electron chi connectivity index (χ3n) is 4.17. The smallest absolute Gasteiger partial charge is 0.0909 e. The molecule has 0 aliphatic rings. The lowest BCUT2D eigenvalue weighted by molar-refractivity contribution is 1.12. The van der Waals surface area contributed by atoms with Gasteiger partial charge in [0.2, 0.25) is 0 Å². The summed E-state index contributed by atoms with van der Waals surface area (Å²) >= 11 is 0. The topological polar surface area (TPSA) is 54.5 Å². The van der Waals surface area contributed by atoms with Crippen LogP contribution in [-0.4, -0.2) is 20.2 Å². The summed E-state index contributed by atoms with van der Waals surface area (Å²) in [5.41, 5.74) is 4.71. The molecule has 0 atom stereocenters. The van der Waals surface area contributed by atoms with Gasteiger partial charge in [0.05, 0.1) is 34.6 Å². The third kappa shape index (κ3) is 1.89. The highest BCUT2D eigenvalue weighted by atomic mass is 15.1. The lowest BCUT2D eigenvalue weighted by Crippen LogP contribution is -1.90. The first kappa shape index (κ1) is 12.3. The average Bonchev–Trinajstić information content (AvgIpc) is 3.06. The highest BCUT2D eigenvalue weighted by molar-refractivity contribution is 5.97. The van der Waals surface area contributed by atoms with Crippen molar-refractivity contribution in [3.05, 3.63) is 67.0 Å². The Bertz CT molecular complexity index is 1170. The molecular formula is C19H12N4. The van der Waals surface area contributed by atoms with Gasteiger partial charge in [-0.1, -0.05) is 42.5 Å². The fourth-order valence-corrected chi connectivity index (χ4v) is 3.03. The maximum absolute atomic E-state index is 4.82. The molecule has 0 bridgehead atoms. The molecule has 0 amide bonds. The van der Waals surface area contributed by atoms with Crippen LogP contribution < -0.4 is 0 Å². The van der Waals surface area contributed by atoms with Crippen LogP contribution in [0.2, 0.25) is 0 Å². The predicted octanol–water partition coefficient (Wildman–Crippen LogP) is 4.33. The summed E-state index contributed by atoms with van der Waals surface area (Å²) < 4.78 is 0. The molecule has 0 aliphatic heterocycles. The van der Waals surface area contributed by atoms with E-state index in [0.29, 0.717) is 0 Å². The lowest BCUT2D eigenvalue weighted by Gasteiger charge is -2.07. The Labute approximate surface area is 131 Å². The lowest BCUT2D eigenvalue weighted by atomic mass is 10.0. The minimum Gasteiger partial charge on any atom is -0.278 e. The molecule has 108 valence electrons. The van der Waals surface area contributed by atoms with E-state index in [4.69, 9.17) is 4.98 Å². The average molecular weight is 296 g/mol. The van der Waals surface area contributed by atoms with Crippen LogP contribution in [0, 0.1) is 0 Å². The van der Waals surface area contributed by atoms with Gasteiger partial charge in [-0.05, 0) is 22.9 Å². The van der Waals surface area contributed by atoms with Crippen molar-refractivity contribution in [1.82, 2.24) is 20.2 Å². The van der Waals surface area contributed by atoms with E-state index >= 15 is 0 Å². The van der Waals surface area contributed by atoms with Gasteiger partial charge in [0.1, 0.15) is 0 Å². The zero-order valence-electron chi connectivity index (χ0n) is 12.2. The second kappa shape index (κ2) is 4.61. The number of fused-ring (bicyclic) bond motifs is 3. The fraction of sp³-hybridized carbons (Fsp3) is 0. The molecule has 0 saturated carbocycles. The summed E-state index contributed by atoms with van der Waals surface area (Å²) in [4.78, 5) is 9.40. The number of hydrogen-bond acceptors (Lipinski definition) is 3. The van der Waals surface area contributed by atoms with Gasteiger partial charge in [0.15, 0.2) is 0 Å². The highest BCUT2D eigenvalue weighted by Crippen LogP contribution is 2.28. The van der Waals surface area contributed by atoms with Gasteiger partial charge in [-0.3, -0.25) is 10.1 Å². The molecule has 0 fully saturated rings. The van der Waals surface area contributed by atoms with E-state index in [2.05, 4.69) is 51.6 Å². The zero-order chi connectivity index (χ0) is 15.2. The fourth-order valence-electron chi connectivity index (χ4n) is 3.03. The van der Waals surface area contributed by atoms with Gasteiger partial charge in [0, 0.05) is 10.9 Å². The van der Waals surface area contributed by atoms with Gasteiger partial charge < -0.3 is 0 Å². The van der Waals surface area contributed by atoms with Gasteiger partial charge in [0.25, 0.3) is 0 Å². The van der Waals surface area contributed by atoms with Crippen LogP contribution in [0.25, 0.3) is 44.0 Å². The number of H-pyrrole nitrogens is 1. The predicted molar refractivity (Wildman–Crippen MR) is 92.1 cm³/mol. The van der Waals surface area contributed by atoms with Crippen LogP contribution in [0.15, 0.2) is 67.0 Å². The van der Waals surface area contributed by atoms with Crippen molar-refractivity contribution in [3.63, 3.8) is 0 Å². The molecule has 3 aromatic carbocycles. The van der Waals surface area contributed by atoms with Crippen LogP contribution in [0.5, 0.6) is 0 Å². The summed E-state index contributed by atoms with van der Waals surface area (Å²) in [6.07, 6.45) is 3.65. The van der Waals surface area contributed by atoms with Gasteiger partial charge in [-0.15, -0.1) is 0 Å². The molecule has 4 heteroatoms. The molecule has 0 spiro atoms. The van der Waals surface area contributed by atoms with E-state index in [0.717, 1.165) is 33.2 Å². The second-order valence-electron chi connectivity index (χ2n) is 5.58. The molecule has 0 saturated heterocycles. The molecule has 2 aromatic heterocycles. The summed E-state index contributed by atoms with van der Waals surface area (Å²) in [7, 11) is 0. The number of aromatic nitrogens is 4. The van der Waals surface area contributed by atoms with E-state index in [-0.39, 0.29) is 0 Å². The van der Waals surface area contributed by atoms with Crippen LogP contribution >= 0.6 is 0 Å². The largest absolute Gasteiger partial charge is 0.278 e. The van der Waals surface area contributed by atoms with Crippen molar-refractivity contribution in [2.24, 2.45) is 0 Å². The Hall–Kier alpha value is -3.27. The van der Waals surface area contributed by atoms with E-state index in [9.17, 15) is 0 Å². The van der Waals surface area contributed by atoms with Crippen molar-refractivity contribution in [1.29, 1.82) is 0 Å². The molecule has 23 heavy (non-hydrogen) atoms. The maximum atomic E-state index is 4.82. The Morgan fingerprint density at radius 2 is 1.70 bits per heavy atom. The van der Waals surface area contributed by atoms with Crippen molar-refractivity contribution in [3.8, 4) is 11.3 Å². The van der Waals surface area contributed by atoms with Crippen LogP contribution in [0.1, 0.15) is 0 Å². The standard InChI is InChI=1S/C19H12N4/c1-2-6-14-12(4-1)5-3-7-15(14)19-11-20-17-9-16-13(10-21-23-16)8-18(17)22-19/h1-11H,(H,21,23). The zero-order valence-corrected chi connectivity index (χ0v) is 12.2. The van der Waals surface area contributed by atoms with Crippen LogP contribution in [0.3, 0.4) is 0 Å². The summed E-state index contributed by atoms with van der Waals surface area (Å²) in [6.45, 7) is 0. The Kier molecular flexibility index (Phi) is 2.46. The molecule has 0 radical (unpaired) electrons. The molecule has 5 rings (SSSR count). The Balaban J connectivity index is 1.80. The monoisotopic (exact) mass is 296 g/mol. The first-order valence-corrected chi connectivity index (χ1v) is 7.46. The number of aromatic amines is 1. The Morgan fingerprint density at radius 1 is 0.783 bits per heavy atom. The van der Waals surface area contributed by atoms with Crippen molar-refractivity contribution in [2.75, 3.05) is 0 Å². The first-order valence-electron chi connectivity index (χ1n) is 7.46. The minimum absolute atomic E-state index is 0.866. The summed E-state index contributed by atoms with van der Waals surface area (Å²) in [5, 5.41) is 10.5. The van der Waals surface area contributed by atoms with Gasteiger partial charge in [-0.25, -0.2) is 4.98 Å². The van der Waals surface area contributed by atoms with E-state index < -0.39 is 0 Å². The molecular weight excluding hydrogens is 284 g/mol. The number of benzene rings is 3. The second-order valence-corrected chi connectivity index (χ2v) is 5.58. The summed E-state index contributed by atoms with van der Waals surface area (Å²) in [6, 6.07) is 18.6. The molecule has 2 heterocycles. The number of nitrogens with one attached hydrogen (secondary N) is 1. The van der Waals surface area contributed by atoms with Gasteiger partial charge in [-0.2, -0.15) is 5.10 Å². The molecule has 5 aromatic rings. The first-order chi connectivity index (χ1) is 11.4.